The monoisotopic (exact) mass is 991 g/mol. The molecule has 3 atom stereocenters. The Labute approximate surface area is 393 Å². The molecular weight excluding hydrogens is 923 g/mol. The summed E-state index contributed by atoms with van der Waals surface area (Å²) in [5.74, 6) is -8.53. The molecule has 2 aliphatic rings. The summed E-state index contributed by atoms with van der Waals surface area (Å²) in [6.07, 6.45) is 2.88. The van der Waals surface area contributed by atoms with Gasteiger partial charge in [0.1, 0.15) is 0 Å². The number of ether oxygens (including phenoxy) is 13. The van der Waals surface area contributed by atoms with Gasteiger partial charge in [-0.1, -0.05) is 6.42 Å². The number of esters is 1. The highest BCUT2D eigenvalue weighted by Crippen LogP contribution is 2.33. The number of hydrogen-bond donors (Lipinski definition) is 3. The molecule has 3 N–H and O–H groups in total. The van der Waals surface area contributed by atoms with E-state index in [0.29, 0.717) is 157 Å². The minimum atomic E-state index is -1.80. The van der Waals surface area contributed by atoms with E-state index in [0.717, 1.165) is 25.0 Å². The summed E-state index contributed by atoms with van der Waals surface area (Å²) >= 11 is 1.89. The smallest absolute Gasteiger partial charge is 0.315 e. The number of carbonyl (C=O) groups is 3. The van der Waals surface area contributed by atoms with Gasteiger partial charge in [0.25, 0.3) is 0 Å². The van der Waals surface area contributed by atoms with E-state index in [1.54, 1.807) is 0 Å². The SMILES string of the molecule is O=C(CCCC[C@@H]1SC[C@@H]2NC(=O)N[C@H]21)NCCOCCOCCOCCOCCOCCOCCOCCOCCOCCOCCOCCOCCC(=O)Oc1c(F)c(F)cc(F)c1F. The highest BCUT2D eigenvalue weighted by atomic mass is 32.2. The van der Waals surface area contributed by atoms with Crippen molar-refractivity contribution in [2.45, 2.75) is 49.4 Å². The molecule has 1 aromatic carbocycles. The Morgan fingerprint density at radius 2 is 0.925 bits per heavy atom. The number of urea groups is 1. The van der Waals surface area contributed by atoms with E-state index in [9.17, 15) is 31.9 Å². The normalized spacial score (nSPS) is 16.6. The molecule has 3 rings (SSSR count). The second kappa shape index (κ2) is 38.8. The summed E-state index contributed by atoms with van der Waals surface area (Å²) in [6.45, 7) is 9.49. The fourth-order valence-corrected chi connectivity index (χ4v) is 7.65. The number of rotatable bonds is 45. The largest absolute Gasteiger partial charge is 0.420 e. The molecule has 0 aliphatic carbocycles. The summed E-state index contributed by atoms with van der Waals surface area (Å²) in [4.78, 5) is 35.2. The maximum atomic E-state index is 13.6. The average Bonchev–Trinajstić information content (AvgIpc) is 3.88. The number of unbranched alkanes of at least 4 members (excludes halogenated alkanes) is 1. The van der Waals surface area contributed by atoms with E-state index in [1.165, 1.54) is 0 Å². The molecule has 0 radical (unpaired) electrons. The molecule has 2 saturated heterocycles. The van der Waals surface area contributed by atoms with E-state index in [2.05, 4.69) is 20.7 Å². The molecule has 2 heterocycles. The highest BCUT2D eigenvalue weighted by Gasteiger charge is 2.42. The van der Waals surface area contributed by atoms with Gasteiger partial charge in [-0.2, -0.15) is 20.5 Å². The molecule has 3 amide bonds. The van der Waals surface area contributed by atoms with Gasteiger partial charge >= 0.3 is 12.0 Å². The van der Waals surface area contributed by atoms with Crippen molar-refractivity contribution in [3.63, 3.8) is 0 Å². The van der Waals surface area contributed by atoms with Gasteiger partial charge in [0.05, 0.1) is 177 Å². The van der Waals surface area contributed by atoms with Gasteiger partial charge in [0.2, 0.25) is 23.3 Å². The first-order valence-corrected chi connectivity index (χ1v) is 23.7. The standard InChI is InChI=1S/C43H69F4N3O16S/c44-33-31-34(45)40(47)42(39(33)46)66-38(52)5-7-54-9-11-56-13-15-58-17-19-60-21-23-62-25-27-64-29-30-65-28-26-63-24-22-61-20-18-59-16-14-57-12-10-55-8-6-48-37(51)4-2-1-3-36-41-35(32-67-36)49-43(53)50-41/h31,35-36,41H,1-30,32H2,(H,48,51)(H2,49,50,53)/t35-,36-,41+/m0/s1. The third kappa shape index (κ3) is 28.3. The minimum Gasteiger partial charge on any atom is -0.420 e. The van der Waals surface area contributed by atoms with Crippen LogP contribution in [0.4, 0.5) is 22.4 Å². The number of nitrogens with one attached hydrogen (secondary N) is 3. The summed E-state index contributed by atoms with van der Waals surface area (Å²) < 4.78 is 123. The molecule has 2 aliphatic heterocycles. The Kier molecular flexibility index (Phi) is 33.8. The van der Waals surface area contributed by atoms with Crippen molar-refractivity contribution in [2.75, 3.05) is 171 Å². The van der Waals surface area contributed by atoms with Crippen LogP contribution in [0.3, 0.4) is 0 Å². The molecule has 0 spiro atoms. The fraction of sp³-hybridized carbons (Fsp3) is 0.791. The summed E-state index contributed by atoms with van der Waals surface area (Å²) in [5.41, 5.74) is 0. The zero-order chi connectivity index (χ0) is 48.0. The summed E-state index contributed by atoms with van der Waals surface area (Å²) in [6, 6.07) is 0.384. The quantitative estimate of drug-likeness (QED) is 0.0214. The first kappa shape index (κ1) is 58.3. The number of benzene rings is 1. The van der Waals surface area contributed by atoms with Crippen LogP contribution in [0.5, 0.6) is 5.75 Å². The van der Waals surface area contributed by atoms with Crippen LogP contribution in [0.15, 0.2) is 6.07 Å². The Bertz CT molecular complexity index is 1460. The topological polar surface area (TPSA) is 207 Å². The molecule has 0 saturated carbocycles. The number of halogens is 4. The third-order valence-electron chi connectivity index (χ3n) is 9.48. The van der Waals surface area contributed by atoms with Gasteiger partial charge in [0, 0.05) is 30.0 Å². The number of fused-ring (bicyclic) bond motifs is 1. The van der Waals surface area contributed by atoms with E-state index in [4.69, 9.17) is 56.8 Å². The lowest BCUT2D eigenvalue weighted by atomic mass is 10.0. The zero-order valence-electron chi connectivity index (χ0n) is 38.2. The lowest BCUT2D eigenvalue weighted by molar-refractivity contribution is -0.136. The zero-order valence-corrected chi connectivity index (χ0v) is 39.0. The molecule has 0 aromatic heterocycles. The molecule has 67 heavy (non-hydrogen) atoms. The van der Waals surface area contributed by atoms with Crippen LogP contribution in [-0.4, -0.2) is 206 Å². The van der Waals surface area contributed by atoms with Crippen molar-refractivity contribution < 1.29 is 93.5 Å². The molecule has 0 bridgehead atoms. The lowest BCUT2D eigenvalue weighted by Gasteiger charge is -2.16. The molecule has 386 valence electrons. The maximum Gasteiger partial charge on any atom is 0.315 e. The number of hydrogen-bond acceptors (Lipinski definition) is 17. The Morgan fingerprint density at radius 1 is 0.537 bits per heavy atom. The van der Waals surface area contributed by atoms with Gasteiger partial charge < -0.3 is 77.5 Å². The Morgan fingerprint density at radius 3 is 1.34 bits per heavy atom. The van der Waals surface area contributed by atoms with Crippen molar-refractivity contribution in [2.24, 2.45) is 0 Å². The van der Waals surface area contributed by atoms with Gasteiger partial charge in [-0.05, 0) is 12.8 Å². The van der Waals surface area contributed by atoms with Crippen LogP contribution in [0, 0.1) is 23.3 Å². The summed E-state index contributed by atoms with van der Waals surface area (Å²) in [7, 11) is 0. The highest BCUT2D eigenvalue weighted by molar-refractivity contribution is 8.00. The maximum absolute atomic E-state index is 13.6. The van der Waals surface area contributed by atoms with Gasteiger partial charge in [-0.3, -0.25) is 9.59 Å². The second-order valence-electron chi connectivity index (χ2n) is 14.6. The van der Waals surface area contributed by atoms with Gasteiger partial charge in [-0.25, -0.2) is 13.6 Å². The Hall–Kier alpha value is -2.98. The van der Waals surface area contributed by atoms with Gasteiger partial charge in [0.15, 0.2) is 11.6 Å². The number of amides is 3. The molecule has 1 aromatic rings. The van der Waals surface area contributed by atoms with E-state index >= 15 is 0 Å². The molecular formula is C43H69F4N3O16S. The van der Waals surface area contributed by atoms with E-state index in [1.807, 2.05) is 11.8 Å². The van der Waals surface area contributed by atoms with Crippen molar-refractivity contribution in [1.82, 2.24) is 16.0 Å². The van der Waals surface area contributed by atoms with Gasteiger partial charge in [-0.15, -0.1) is 0 Å². The average molecular weight is 992 g/mol. The summed E-state index contributed by atoms with van der Waals surface area (Å²) in [5, 5.41) is 9.25. The predicted molar refractivity (Wildman–Crippen MR) is 233 cm³/mol. The van der Waals surface area contributed by atoms with Crippen LogP contribution >= 0.6 is 11.8 Å². The lowest BCUT2D eigenvalue weighted by Crippen LogP contribution is -2.36. The van der Waals surface area contributed by atoms with Crippen LogP contribution in [0.1, 0.15) is 32.1 Å². The van der Waals surface area contributed by atoms with Crippen LogP contribution in [0.25, 0.3) is 0 Å². The first-order chi connectivity index (χ1) is 32.8. The minimum absolute atomic E-state index is 0.0161. The molecule has 0 unspecified atom stereocenters. The molecule has 2 fully saturated rings. The van der Waals surface area contributed by atoms with Crippen molar-refractivity contribution >= 4 is 29.7 Å². The van der Waals surface area contributed by atoms with Crippen LogP contribution in [-0.2, 0) is 66.4 Å². The van der Waals surface area contributed by atoms with Crippen molar-refractivity contribution in [1.29, 1.82) is 0 Å². The predicted octanol–water partition coefficient (Wildman–Crippen LogP) is 2.58. The fourth-order valence-electron chi connectivity index (χ4n) is 6.11. The molecule has 19 nitrogen and oxygen atoms in total. The number of thioether (sulfide) groups is 1. The Balaban J connectivity index is 0.896. The van der Waals surface area contributed by atoms with Crippen molar-refractivity contribution in [3.05, 3.63) is 29.3 Å². The second-order valence-corrected chi connectivity index (χ2v) is 15.9. The number of carbonyl (C=O) groups excluding carboxylic acids is 3. The van der Waals surface area contributed by atoms with Crippen LogP contribution < -0.4 is 20.7 Å². The van der Waals surface area contributed by atoms with Crippen molar-refractivity contribution in [3.8, 4) is 5.75 Å². The first-order valence-electron chi connectivity index (χ1n) is 22.7. The third-order valence-corrected chi connectivity index (χ3v) is 11.0. The van der Waals surface area contributed by atoms with E-state index < -0.39 is 41.4 Å². The molecule has 24 heteroatoms. The van der Waals surface area contributed by atoms with Crippen LogP contribution in [0.2, 0.25) is 0 Å². The van der Waals surface area contributed by atoms with E-state index in [-0.39, 0.29) is 49.9 Å².